The SMILES string of the molecule is N=[C-]CC(=O)O.[K+]. The van der Waals surface area contributed by atoms with Crippen molar-refractivity contribution in [1.82, 2.24) is 0 Å². The fourth-order valence-electron chi connectivity index (χ4n) is 0.0756. The molecule has 0 radical (unpaired) electrons. The van der Waals surface area contributed by atoms with Crippen LogP contribution in [0.5, 0.6) is 0 Å². The van der Waals surface area contributed by atoms with Crippen molar-refractivity contribution in [3.63, 3.8) is 0 Å². The van der Waals surface area contributed by atoms with Crippen LogP contribution in [0.15, 0.2) is 0 Å². The number of hydrogen-bond acceptors (Lipinski definition) is 2. The van der Waals surface area contributed by atoms with E-state index in [0.29, 0.717) is 0 Å². The van der Waals surface area contributed by atoms with Gasteiger partial charge in [0.1, 0.15) is 0 Å². The third-order valence-corrected chi connectivity index (χ3v) is 0.240. The normalized spacial score (nSPS) is 6.29. The summed E-state index contributed by atoms with van der Waals surface area (Å²) in [5.74, 6) is -1.01. The molecule has 0 saturated carbocycles. The van der Waals surface area contributed by atoms with Crippen LogP contribution in [0.2, 0.25) is 0 Å². The second-order valence-electron chi connectivity index (χ2n) is 0.747. The number of carboxylic acids is 1. The van der Waals surface area contributed by atoms with Gasteiger partial charge in [0, 0.05) is 0 Å². The van der Waals surface area contributed by atoms with Crippen molar-refractivity contribution in [1.29, 1.82) is 5.41 Å². The van der Waals surface area contributed by atoms with Crippen molar-refractivity contribution in [3.05, 3.63) is 0 Å². The average molecular weight is 125 g/mol. The van der Waals surface area contributed by atoms with Crippen LogP contribution in [0.4, 0.5) is 0 Å². The first-order chi connectivity index (χ1) is 2.77. The molecule has 0 bridgehead atoms. The molecule has 0 saturated heterocycles. The molecule has 0 heterocycles. The minimum absolute atomic E-state index is 0. The molecule has 3 nitrogen and oxygen atoms in total. The molecule has 0 aromatic rings. The van der Waals surface area contributed by atoms with Gasteiger partial charge in [-0.15, -0.1) is 0 Å². The van der Waals surface area contributed by atoms with Gasteiger partial charge in [-0.25, -0.2) is 0 Å². The van der Waals surface area contributed by atoms with E-state index in [2.05, 4.69) is 0 Å². The van der Waals surface area contributed by atoms with Crippen LogP contribution in [-0.2, 0) is 4.79 Å². The van der Waals surface area contributed by atoms with Crippen LogP contribution >= 0.6 is 0 Å². The Bertz CT molecular complexity index is 73.3. The zero-order valence-corrected chi connectivity index (χ0v) is 7.19. The molecule has 2 N–H and O–H groups in total. The predicted molar refractivity (Wildman–Crippen MR) is 20.0 cm³/mol. The first kappa shape index (κ1) is 10.7. The molecule has 0 unspecified atom stereocenters. The monoisotopic (exact) mass is 125 g/mol. The van der Waals surface area contributed by atoms with Crippen molar-refractivity contribution in [2.24, 2.45) is 0 Å². The molecule has 0 fully saturated rings. The smallest absolute Gasteiger partial charge is 0.518 e. The van der Waals surface area contributed by atoms with Crippen molar-refractivity contribution < 1.29 is 61.3 Å². The Morgan fingerprint density at radius 2 is 2.29 bits per heavy atom. The molecule has 0 spiro atoms. The number of carbonyl (C=O) groups is 1. The van der Waals surface area contributed by atoms with Crippen molar-refractivity contribution in [2.75, 3.05) is 0 Å². The van der Waals surface area contributed by atoms with Gasteiger partial charge in [0.15, 0.2) is 0 Å². The van der Waals surface area contributed by atoms with E-state index in [1.54, 1.807) is 6.21 Å². The Hall–Kier alpha value is 0.776. The zero-order chi connectivity index (χ0) is 4.99. The Balaban J connectivity index is 0. The molecule has 0 rings (SSSR count). The molecule has 34 valence electrons. The third-order valence-electron chi connectivity index (χ3n) is 0.240. The molecule has 4 heteroatoms. The van der Waals surface area contributed by atoms with Crippen molar-refractivity contribution in [3.8, 4) is 0 Å². The van der Waals surface area contributed by atoms with Crippen LogP contribution in [0.25, 0.3) is 0 Å². The summed E-state index contributed by atoms with van der Waals surface area (Å²) < 4.78 is 0. The topological polar surface area (TPSA) is 61.2 Å². The van der Waals surface area contributed by atoms with E-state index in [4.69, 9.17) is 10.5 Å². The summed E-state index contributed by atoms with van der Waals surface area (Å²) in [6.45, 7) is 0. The van der Waals surface area contributed by atoms with E-state index in [-0.39, 0.29) is 57.8 Å². The van der Waals surface area contributed by atoms with E-state index in [1.165, 1.54) is 0 Å². The maximum Gasteiger partial charge on any atom is 1.00 e. The second kappa shape index (κ2) is 6.78. The molecule has 0 aliphatic rings. The minimum Gasteiger partial charge on any atom is -0.518 e. The van der Waals surface area contributed by atoms with Gasteiger partial charge in [-0.1, -0.05) is 6.42 Å². The number of rotatable bonds is 2. The quantitative estimate of drug-likeness (QED) is 0.234. The molecule has 0 aromatic heterocycles. The summed E-state index contributed by atoms with van der Waals surface area (Å²) in [7, 11) is 0. The van der Waals surface area contributed by atoms with E-state index in [1.807, 2.05) is 0 Å². The second-order valence-corrected chi connectivity index (χ2v) is 0.747. The third kappa shape index (κ3) is 10.8. The van der Waals surface area contributed by atoms with Gasteiger partial charge in [-0.2, -0.15) is 0 Å². The summed E-state index contributed by atoms with van der Waals surface area (Å²) in [5, 5.41) is 13.8. The Labute approximate surface area is 84.0 Å². The van der Waals surface area contributed by atoms with Gasteiger partial charge in [0.05, 0.1) is 0 Å². The molecule has 7 heavy (non-hydrogen) atoms. The summed E-state index contributed by atoms with van der Waals surface area (Å²) in [5.41, 5.74) is 0. The van der Waals surface area contributed by atoms with Gasteiger partial charge >= 0.3 is 51.4 Å². The molecule has 0 aliphatic carbocycles. The van der Waals surface area contributed by atoms with Crippen LogP contribution in [0, 0.1) is 5.41 Å². The zero-order valence-electron chi connectivity index (χ0n) is 4.06. The molecular formula is C3H4KNO2. The van der Waals surface area contributed by atoms with E-state index >= 15 is 0 Å². The van der Waals surface area contributed by atoms with Crippen molar-refractivity contribution >= 4 is 12.2 Å². The number of nitrogens with one attached hydrogen (secondary N) is 1. The minimum atomic E-state index is -1.01. The largest absolute Gasteiger partial charge is 1.00 e. The Kier molecular flexibility index (Phi) is 10.4. The number of aliphatic carboxylic acids is 1. The number of carboxylic acid groups (broad SMARTS) is 1. The Morgan fingerprint density at radius 3 is 2.29 bits per heavy atom. The van der Waals surface area contributed by atoms with Crippen LogP contribution in [-0.4, -0.2) is 17.3 Å². The summed E-state index contributed by atoms with van der Waals surface area (Å²) in [6.07, 6.45) is 1.43. The average Bonchev–Trinajstić information content (AvgIpc) is 1.35. The van der Waals surface area contributed by atoms with Gasteiger partial charge in [-0.05, 0) is 0 Å². The summed E-state index contributed by atoms with van der Waals surface area (Å²) in [6, 6.07) is 0. The van der Waals surface area contributed by atoms with Gasteiger partial charge in [0.2, 0.25) is 0 Å². The van der Waals surface area contributed by atoms with Gasteiger partial charge in [0.25, 0.3) is 5.97 Å². The summed E-state index contributed by atoms with van der Waals surface area (Å²) in [4.78, 5) is 9.42. The molecule has 0 atom stereocenters. The van der Waals surface area contributed by atoms with E-state index in [9.17, 15) is 4.79 Å². The fourth-order valence-corrected chi connectivity index (χ4v) is 0.0756. The van der Waals surface area contributed by atoms with E-state index in [0.717, 1.165) is 0 Å². The van der Waals surface area contributed by atoms with Crippen LogP contribution in [0.3, 0.4) is 0 Å². The van der Waals surface area contributed by atoms with Gasteiger partial charge in [-0.3, -0.25) is 4.79 Å². The standard InChI is InChI=1S/C3H4NO2.K/c4-2-1-3(5)6;/h4H,1H2,(H,5,6);/q-1;+1. The maximum absolute atomic E-state index is 9.42. The molecular weight excluding hydrogens is 121 g/mol. The molecule has 0 aliphatic heterocycles. The first-order valence-corrected chi connectivity index (χ1v) is 1.38. The summed E-state index contributed by atoms with van der Waals surface area (Å²) >= 11 is 0. The number of hydrogen-bond donors (Lipinski definition) is 2. The Morgan fingerprint density at radius 1 is 1.86 bits per heavy atom. The maximum atomic E-state index is 9.42. The van der Waals surface area contributed by atoms with Crippen LogP contribution < -0.4 is 51.4 Å². The van der Waals surface area contributed by atoms with Crippen LogP contribution in [0.1, 0.15) is 6.42 Å². The van der Waals surface area contributed by atoms with E-state index < -0.39 is 5.97 Å². The van der Waals surface area contributed by atoms with Gasteiger partial charge < -0.3 is 16.7 Å². The molecule has 0 aromatic carbocycles. The fraction of sp³-hybridized carbons (Fsp3) is 0.333. The van der Waals surface area contributed by atoms with Crippen molar-refractivity contribution in [2.45, 2.75) is 6.42 Å². The molecule has 0 amide bonds. The first-order valence-electron chi connectivity index (χ1n) is 1.38. The predicted octanol–water partition coefficient (Wildman–Crippen LogP) is -3.01.